The summed E-state index contributed by atoms with van der Waals surface area (Å²) in [6.45, 7) is 8.84. The Hall–Kier alpha value is -1.76. The van der Waals surface area contributed by atoms with Crippen molar-refractivity contribution in [3.05, 3.63) is 28.7 Å². The molecule has 0 aliphatic carbocycles. The van der Waals surface area contributed by atoms with Crippen molar-refractivity contribution in [3.8, 4) is 5.75 Å². The highest BCUT2D eigenvalue weighted by atomic mass is 79.9. The maximum atomic E-state index is 12.3. The Morgan fingerprint density at radius 1 is 1.20 bits per heavy atom. The molecule has 1 heterocycles. The van der Waals surface area contributed by atoms with E-state index < -0.39 is 5.60 Å². The van der Waals surface area contributed by atoms with Crippen LogP contribution in [0.25, 0.3) is 0 Å². The number of nitrogens with zero attached hydrogens (tertiary/aromatic N) is 2. The van der Waals surface area contributed by atoms with Crippen LogP contribution in [0.5, 0.6) is 5.75 Å². The van der Waals surface area contributed by atoms with Gasteiger partial charge < -0.3 is 19.3 Å². The number of hydrogen-bond donors (Lipinski definition) is 0. The van der Waals surface area contributed by atoms with Gasteiger partial charge in [-0.05, 0) is 52.0 Å². The van der Waals surface area contributed by atoms with Crippen molar-refractivity contribution in [2.45, 2.75) is 39.3 Å². The highest BCUT2D eigenvalue weighted by Crippen LogP contribution is 2.18. The number of ether oxygens (including phenoxy) is 2. The van der Waals surface area contributed by atoms with E-state index in [1.54, 1.807) is 21.9 Å². The highest BCUT2D eigenvalue weighted by Gasteiger charge is 2.32. The number of halogens is 1. The van der Waals surface area contributed by atoms with Gasteiger partial charge in [0.25, 0.3) is 5.91 Å². The summed E-state index contributed by atoms with van der Waals surface area (Å²) in [4.78, 5) is 28.0. The van der Waals surface area contributed by atoms with Gasteiger partial charge in [0, 0.05) is 30.1 Å². The van der Waals surface area contributed by atoms with Crippen molar-refractivity contribution in [3.63, 3.8) is 0 Å². The predicted molar refractivity (Wildman–Crippen MR) is 98.6 cm³/mol. The van der Waals surface area contributed by atoms with Crippen LogP contribution in [0.1, 0.15) is 27.7 Å². The molecule has 25 heavy (non-hydrogen) atoms. The summed E-state index contributed by atoms with van der Waals surface area (Å²) in [5.74, 6) is 0.565. The van der Waals surface area contributed by atoms with Crippen LogP contribution in [0.2, 0.25) is 0 Å². The molecule has 2 rings (SSSR count). The van der Waals surface area contributed by atoms with Gasteiger partial charge in [0.15, 0.2) is 6.61 Å². The number of piperazine rings is 1. The van der Waals surface area contributed by atoms with Crippen LogP contribution in [-0.2, 0) is 9.53 Å². The van der Waals surface area contributed by atoms with E-state index >= 15 is 0 Å². The zero-order valence-electron chi connectivity index (χ0n) is 15.1. The van der Waals surface area contributed by atoms with Crippen LogP contribution in [0.4, 0.5) is 4.79 Å². The zero-order valence-corrected chi connectivity index (χ0v) is 16.7. The van der Waals surface area contributed by atoms with E-state index in [9.17, 15) is 9.59 Å². The molecule has 1 aliphatic rings. The Labute approximate surface area is 157 Å². The molecule has 1 aliphatic heterocycles. The molecule has 0 saturated carbocycles. The number of amides is 2. The lowest BCUT2D eigenvalue weighted by molar-refractivity contribution is -0.136. The van der Waals surface area contributed by atoms with Gasteiger partial charge in [-0.1, -0.05) is 15.9 Å². The summed E-state index contributed by atoms with van der Waals surface area (Å²) in [6, 6.07) is 7.24. The Morgan fingerprint density at radius 2 is 1.84 bits per heavy atom. The fourth-order valence-corrected chi connectivity index (χ4v) is 2.81. The molecule has 1 atom stereocenters. The average Bonchev–Trinajstić information content (AvgIpc) is 2.52. The first-order valence-electron chi connectivity index (χ1n) is 8.31. The standard InChI is InChI=1S/C18H25BrN2O4/c1-13-11-20(9-10-21(13)17(23)25-18(2,3)4)16(22)12-24-15-7-5-14(19)6-8-15/h5-8,13H,9-12H2,1-4H3/t13-/m0/s1. The Morgan fingerprint density at radius 3 is 2.40 bits per heavy atom. The van der Waals surface area contributed by atoms with Crippen molar-refractivity contribution < 1.29 is 19.1 Å². The smallest absolute Gasteiger partial charge is 0.410 e. The van der Waals surface area contributed by atoms with E-state index in [0.29, 0.717) is 25.4 Å². The zero-order chi connectivity index (χ0) is 18.6. The van der Waals surface area contributed by atoms with E-state index in [0.717, 1.165) is 4.47 Å². The summed E-state index contributed by atoms with van der Waals surface area (Å²) >= 11 is 3.36. The lowest BCUT2D eigenvalue weighted by Crippen LogP contribution is -2.56. The molecule has 138 valence electrons. The van der Waals surface area contributed by atoms with Crippen LogP contribution < -0.4 is 4.74 Å². The van der Waals surface area contributed by atoms with E-state index in [1.807, 2.05) is 39.8 Å². The second-order valence-electron chi connectivity index (χ2n) is 7.11. The van der Waals surface area contributed by atoms with Crippen molar-refractivity contribution in [2.75, 3.05) is 26.2 Å². The van der Waals surface area contributed by atoms with Crippen molar-refractivity contribution in [1.82, 2.24) is 9.80 Å². The summed E-state index contributed by atoms with van der Waals surface area (Å²) < 4.78 is 11.9. The van der Waals surface area contributed by atoms with Crippen LogP contribution in [-0.4, -0.2) is 59.7 Å². The van der Waals surface area contributed by atoms with Gasteiger partial charge in [-0.2, -0.15) is 0 Å². The first-order valence-corrected chi connectivity index (χ1v) is 9.11. The Bertz CT molecular complexity index is 612. The minimum absolute atomic E-state index is 0.0131. The first-order chi connectivity index (χ1) is 11.7. The summed E-state index contributed by atoms with van der Waals surface area (Å²) in [5, 5.41) is 0. The third-order valence-corrected chi connectivity index (χ3v) is 4.31. The first kappa shape index (κ1) is 19.6. The maximum absolute atomic E-state index is 12.3. The molecule has 2 amide bonds. The van der Waals surface area contributed by atoms with E-state index in [-0.39, 0.29) is 24.6 Å². The van der Waals surface area contributed by atoms with Gasteiger partial charge in [0.1, 0.15) is 11.4 Å². The molecule has 1 aromatic rings. The minimum atomic E-state index is -0.526. The fraction of sp³-hybridized carbons (Fsp3) is 0.556. The molecule has 0 radical (unpaired) electrons. The largest absolute Gasteiger partial charge is 0.484 e. The minimum Gasteiger partial charge on any atom is -0.484 e. The normalized spacial score (nSPS) is 18.0. The molecule has 0 N–H and O–H groups in total. The average molecular weight is 413 g/mol. The molecule has 0 aromatic heterocycles. The Kier molecular flexibility index (Phi) is 6.32. The molecule has 7 heteroatoms. The van der Waals surface area contributed by atoms with Crippen LogP contribution in [0.3, 0.4) is 0 Å². The molecule has 0 unspecified atom stereocenters. The van der Waals surface area contributed by atoms with Crippen molar-refractivity contribution in [2.24, 2.45) is 0 Å². The molecule has 1 saturated heterocycles. The summed E-state index contributed by atoms with van der Waals surface area (Å²) in [5.41, 5.74) is -0.526. The molecule has 0 spiro atoms. The Balaban J connectivity index is 1.84. The van der Waals surface area contributed by atoms with E-state index in [2.05, 4.69) is 15.9 Å². The topological polar surface area (TPSA) is 59.1 Å². The summed E-state index contributed by atoms with van der Waals surface area (Å²) in [6.07, 6.45) is -0.335. The SMILES string of the molecule is C[C@H]1CN(C(=O)COc2ccc(Br)cc2)CCN1C(=O)OC(C)(C)C. The van der Waals surface area contributed by atoms with Crippen molar-refractivity contribution in [1.29, 1.82) is 0 Å². The van der Waals surface area contributed by atoms with Gasteiger partial charge >= 0.3 is 6.09 Å². The third-order valence-electron chi connectivity index (χ3n) is 3.78. The molecule has 6 nitrogen and oxygen atoms in total. The molecule has 1 aromatic carbocycles. The maximum Gasteiger partial charge on any atom is 0.410 e. The third kappa shape index (κ3) is 5.92. The lowest BCUT2D eigenvalue weighted by atomic mass is 10.2. The van der Waals surface area contributed by atoms with Gasteiger partial charge in [0.2, 0.25) is 0 Å². The molecule has 1 fully saturated rings. The number of rotatable bonds is 3. The molecular formula is C18H25BrN2O4. The number of benzene rings is 1. The van der Waals surface area contributed by atoms with Crippen LogP contribution in [0, 0.1) is 0 Å². The van der Waals surface area contributed by atoms with Gasteiger partial charge in [0.05, 0.1) is 0 Å². The van der Waals surface area contributed by atoms with E-state index in [4.69, 9.17) is 9.47 Å². The predicted octanol–water partition coefficient (Wildman–Crippen LogP) is 3.30. The van der Waals surface area contributed by atoms with Crippen LogP contribution >= 0.6 is 15.9 Å². The number of hydrogen-bond acceptors (Lipinski definition) is 4. The van der Waals surface area contributed by atoms with Gasteiger partial charge in [-0.15, -0.1) is 0 Å². The van der Waals surface area contributed by atoms with Gasteiger partial charge in [-0.25, -0.2) is 4.79 Å². The van der Waals surface area contributed by atoms with E-state index in [1.165, 1.54) is 0 Å². The second-order valence-corrected chi connectivity index (χ2v) is 8.02. The number of carbonyl (C=O) groups is 2. The monoisotopic (exact) mass is 412 g/mol. The van der Waals surface area contributed by atoms with Crippen molar-refractivity contribution >= 4 is 27.9 Å². The molecule has 0 bridgehead atoms. The second kappa shape index (κ2) is 8.08. The quantitative estimate of drug-likeness (QED) is 0.763. The molecular weight excluding hydrogens is 388 g/mol. The highest BCUT2D eigenvalue weighted by molar-refractivity contribution is 9.10. The lowest BCUT2D eigenvalue weighted by Gasteiger charge is -2.40. The van der Waals surface area contributed by atoms with Crippen LogP contribution in [0.15, 0.2) is 28.7 Å². The van der Waals surface area contributed by atoms with Gasteiger partial charge in [-0.3, -0.25) is 4.79 Å². The fourth-order valence-electron chi connectivity index (χ4n) is 2.54. The summed E-state index contributed by atoms with van der Waals surface area (Å²) in [7, 11) is 0. The number of carbonyl (C=O) groups excluding carboxylic acids is 2.